The second kappa shape index (κ2) is 5.59. The molecule has 2 rings (SSSR count). The molecule has 1 heterocycles. The molecule has 0 amide bonds. The molecular formula is C15H22N2O2. The minimum absolute atomic E-state index is 0.297. The van der Waals surface area contributed by atoms with Crippen LogP contribution in [0, 0.1) is 12.8 Å². The van der Waals surface area contributed by atoms with Crippen LogP contribution in [-0.4, -0.2) is 29.1 Å². The number of pyridine rings is 1. The standard InChI is InChI=1S/C15H22N2O2/c1-10-6-4-5-7-13(10)17(3)14-8-11(2)16-9-12(14)15(18)19/h8-10,13H,4-7H2,1-3H3,(H,18,19). The smallest absolute Gasteiger partial charge is 0.339 e. The van der Waals surface area contributed by atoms with Crippen molar-refractivity contribution >= 4 is 11.7 Å². The highest BCUT2D eigenvalue weighted by Gasteiger charge is 2.27. The maximum atomic E-state index is 11.3. The van der Waals surface area contributed by atoms with Gasteiger partial charge in [0.15, 0.2) is 0 Å². The Bertz CT molecular complexity index is 473. The fourth-order valence-electron chi connectivity index (χ4n) is 3.05. The zero-order chi connectivity index (χ0) is 14.0. The molecule has 1 fully saturated rings. The van der Waals surface area contributed by atoms with Gasteiger partial charge in [0.1, 0.15) is 5.56 Å². The molecule has 0 aliphatic heterocycles. The predicted molar refractivity (Wildman–Crippen MR) is 75.8 cm³/mol. The first-order valence-electron chi connectivity index (χ1n) is 6.93. The Morgan fingerprint density at radius 1 is 1.42 bits per heavy atom. The lowest BCUT2D eigenvalue weighted by molar-refractivity contribution is 0.0697. The molecule has 1 N–H and O–H groups in total. The molecule has 1 aromatic heterocycles. The Balaban J connectivity index is 2.34. The minimum atomic E-state index is -0.905. The number of hydrogen-bond acceptors (Lipinski definition) is 3. The van der Waals surface area contributed by atoms with Gasteiger partial charge in [0, 0.05) is 25.0 Å². The van der Waals surface area contributed by atoms with Gasteiger partial charge in [0.25, 0.3) is 0 Å². The largest absolute Gasteiger partial charge is 0.478 e. The van der Waals surface area contributed by atoms with E-state index in [0.29, 0.717) is 17.5 Å². The van der Waals surface area contributed by atoms with E-state index in [0.717, 1.165) is 17.8 Å². The topological polar surface area (TPSA) is 53.4 Å². The molecule has 0 spiro atoms. The Kier molecular flexibility index (Phi) is 4.08. The monoisotopic (exact) mass is 262 g/mol. The number of nitrogens with zero attached hydrogens (tertiary/aromatic N) is 2. The summed E-state index contributed by atoms with van der Waals surface area (Å²) in [6.07, 6.45) is 6.34. The highest BCUT2D eigenvalue weighted by atomic mass is 16.4. The Morgan fingerprint density at radius 3 is 2.74 bits per heavy atom. The van der Waals surface area contributed by atoms with Crippen LogP contribution in [-0.2, 0) is 0 Å². The van der Waals surface area contributed by atoms with Crippen LogP contribution in [0.2, 0.25) is 0 Å². The van der Waals surface area contributed by atoms with Gasteiger partial charge in [0.2, 0.25) is 0 Å². The molecule has 4 heteroatoms. The van der Waals surface area contributed by atoms with E-state index in [4.69, 9.17) is 0 Å². The van der Waals surface area contributed by atoms with Crippen molar-refractivity contribution in [3.05, 3.63) is 23.5 Å². The van der Waals surface area contributed by atoms with E-state index in [1.807, 2.05) is 20.0 Å². The molecule has 0 bridgehead atoms. The summed E-state index contributed by atoms with van der Waals surface area (Å²) < 4.78 is 0. The maximum Gasteiger partial charge on any atom is 0.339 e. The van der Waals surface area contributed by atoms with Crippen LogP contribution in [0.5, 0.6) is 0 Å². The fourth-order valence-corrected chi connectivity index (χ4v) is 3.05. The highest BCUT2D eigenvalue weighted by Crippen LogP contribution is 2.32. The molecule has 1 aliphatic carbocycles. The van der Waals surface area contributed by atoms with Crippen molar-refractivity contribution in [2.24, 2.45) is 5.92 Å². The number of rotatable bonds is 3. The zero-order valence-corrected chi connectivity index (χ0v) is 11.9. The van der Waals surface area contributed by atoms with Gasteiger partial charge in [-0.15, -0.1) is 0 Å². The molecule has 0 aromatic carbocycles. The normalized spacial score (nSPS) is 23.1. The molecule has 1 saturated carbocycles. The van der Waals surface area contributed by atoms with Gasteiger partial charge >= 0.3 is 5.97 Å². The van der Waals surface area contributed by atoms with Gasteiger partial charge in [-0.1, -0.05) is 19.8 Å². The number of carboxylic acids is 1. The van der Waals surface area contributed by atoms with Gasteiger partial charge < -0.3 is 10.0 Å². The molecule has 0 saturated heterocycles. The molecular weight excluding hydrogens is 240 g/mol. The van der Waals surface area contributed by atoms with Crippen LogP contribution >= 0.6 is 0 Å². The van der Waals surface area contributed by atoms with E-state index in [1.165, 1.54) is 25.5 Å². The summed E-state index contributed by atoms with van der Waals surface area (Å²) in [6, 6.07) is 2.30. The van der Waals surface area contributed by atoms with Gasteiger partial charge in [-0.2, -0.15) is 0 Å². The van der Waals surface area contributed by atoms with Crippen molar-refractivity contribution in [3.8, 4) is 0 Å². The lowest BCUT2D eigenvalue weighted by Gasteiger charge is -2.38. The van der Waals surface area contributed by atoms with Crippen molar-refractivity contribution in [1.82, 2.24) is 4.98 Å². The third-order valence-corrected chi connectivity index (χ3v) is 4.19. The summed E-state index contributed by atoms with van der Waals surface area (Å²) in [6.45, 7) is 4.15. The number of carbonyl (C=O) groups is 1. The summed E-state index contributed by atoms with van der Waals surface area (Å²) in [5.74, 6) is -0.299. The Morgan fingerprint density at radius 2 is 2.11 bits per heavy atom. The number of aromatic carboxylic acids is 1. The van der Waals surface area contributed by atoms with Crippen LogP contribution < -0.4 is 4.90 Å². The molecule has 0 radical (unpaired) electrons. The first kappa shape index (κ1) is 13.8. The average molecular weight is 262 g/mol. The summed E-state index contributed by atoms with van der Waals surface area (Å²) >= 11 is 0. The number of anilines is 1. The summed E-state index contributed by atoms with van der Waals surface area (Å²) in [7, 11) is 2.01. The third-order valence-electron chi connectivity index (χ3n) is 4.19. The lowest BCUT2D eigenvalue weighted by atomic mass is 9.84. The summed E-state index contributed by atoms with van der Waals surface area (Å²) in [5, 5.41) is 9.30. The quantitative estimate of drug-likeness (QED) is 0.909. The Labute approximate surface area is 114 Å². The maximum absolute atomic E-state index is 11.3. The third kappa shape index (κ3) is 2.88. The molecule has 4 nitrogen and oxygen atoms in total. The van der Waals surface area contributed by atoms with Crippen LogP contribution in [0.1, 0.15) is 48.7 Å². The van der Waals surface area contributed by atoms with Gasteiger partial charge in [-0.25, -0.2) is 4.79 Å². The van der Waals surface area contributed by atoms with Crippen molar-refractivity contribution < 1.29 is 9.90 Å². The van der Waals surface area contributed by atoms with Crippen molar-refractivity contribution in [3.63, 3.8) is 0 Å². The van der Waals surface area contributed by atoms with E-state index < -0.39 is 5.97 Å². The number of aromatic nitrogens is 1. The van der Waals surface area contributed by atoms with E-state index >= 15 is 0 Å². The van der Waals surface area contributed by atoms with Gasteiger partial charge in [-0.3, -0.25) is 4.98 Å². The van der Waals surface area contributed by atoms with Gasteiger partial charge in [-0.05, 0) is 31.7 Å². The van der Waals surface area contributed by atoms with Crippen LogP contribution in [0.3, 0.4) is 0 Å². The first-order chi connectivity index (χ1) is 9.00. The van der Waals surface area contributed by atoms with Crippen molar-refractivity contribution in [1.29, 1.82) is 0 Å². The number of carboxylic acid groups (broad SMARTS) is 1. The number of hydrogen-bond donors (Lipinski definition) is 1. The van der Waals surface area contributed by atoms with Crippen molar-refractivity contribution in [2.45, 2.75) is 45.6 Å². The second-order valence-corrected chi connectivity index (χ2v) is 5.59. The van der Waals surface area contributed by atoms with E-state index in [9.17, 15) is 9.90 Å². The summed E-state index contributed by atoms with van der Waals surface area (Å²) in [4.78, 5) is 17.6. The van der Waals surface area contributed by atoms with Crippen LogP contribution in [0.4, 0.5) is 5.69 Å². The average Bonchev–Trinajstić information content (AvgIpc) is 2.38. The molecule has 1 aromatic rings. The molecule has 2 atom stereocenters. The number of aryl methyl sites for hydroxylation is 1. The predicted octanol–water partition coefficient (Wildman–Crippen LogP) is 3.10. The van der Waals surface area contributed by atoms with E-state index in [2.05, 4.69) is 16.8 Å². The van der Waals surface area contributed by atoms with Crippen LogP contribution in [0.25, 0.3) is 0 Å². The summed E-state index contributed by atoms with van der Waals surface area (Å²) in [5.41, 5.74) is 1.94. The zero-order valence-electron chi connectivity index (χ0n) is 11.9. The van der Waals surface area contributed by atoms with Crippen molar-refractivity contribution in [2.75, 3.05) is 11.9 Å². The van der Waals surface area contributed by atoms with E-state index in [-0.39, 0.29) is 0 Å². The molecule has 19 heavy (non-hydrogen) atoms. The first-order valence-corrected chi connectivity index (χ1v) is 6.93. The van der Waals surface area contributed by atoms with Gasteiger partial charge in [0.05, 0.1) is 5.69 Å². The van der Waals surface area contributed by atoms with Crippen LogP contribution in [0.15, 0.2) is 12.3 Å². The lowest BCUT2D eigenvalue weighted by Crippen LogP contribution is -2.39. The molecule has 1 aliphatic rings. The Hall–Kier alpha value is -1.58. The molecule has 104 valence electrons. The fraction of sp³-hybridized carbons (Fsp3) is 0.600. The SMILES string of the molecule is Cc1cc(N(C)C2CCCCC2C)c(C(=O)O)cn1. The molecule has 2 unspecified atom stereocenters. The van der Waals surface area contributed by atoms with E-state index in [1.54, 1.807) is 0 Å². The highest BCUT2D eigenvalue weighted by molar-refractivity contribution is 5.94. The second-order valence-electron chi connectivity index (χ2n) is 5.59. The minimum Gasteiger partial charge on any atom is -0.478 e.